The molecule has 3 nitrogen and oxygen atoms in total. The van der Waals surface area contributed by atoms with E-state index in [0.717, 1.165) is 25.3 Å². The lowest BCUT2D eigenvalue weighted by molar-refractivity contribution is -0.153. The molecule has 0 rings (SSSR count). The van der Waals surface area contributed by atoms with Gasteiger partial charge in [0.15, 0.2) is 0 Å². The molecule has 2 atom stereocenters. The third kappa shape index (κ3) is 8.85. The molecular weight excluding hydrogens is 297 g/mol. The van der Waals surface area contributed by atoms with Crippen LogP contribution in [0, 0.1) is 11.8 Å². The van der Waals surface area contributed by atoms with Crippen LogP contribution in [-0.4, -0.2) is 24.5 Å². The van der Waals surface area contributed by atoms with Crippen LogP contribution in [0.4, 0.5) is 13.2 Å². The smallest absolute Gasteiger partial charge is 0.409 e. The van der Waals surface area contributed by atoms with Gasteiger partial charge in [-0.3, -0.25) is 9.59 Å². The highest BCUT2D eigenvalue weighted by atomic mass is 19.4. The average Bonchev–Trinajstić information content (AvgIpc) is 2.39. The number of alkyl halides is 3. The highest BCUT2D eigenvalue weighted by Crippen LogP contribution is 2.26. The van der Waals surface area contributed by atoms with Crippen LogP contribution in [0.1, 0.15) is 52.9 Å². The first kappa shape index (κ1) is 20.7. The molecule has 0 aliphatic carbocycles. The molecule has 0 aromatic rings. The minimum absolute atomic E-state index is 0.0914. The molecule has 0 aromatic heterocycles. The van der Waals surface area contributed by atoms with Crippen molar-refractivity contribution >= 4 is 11.8 Å². The molecule has 128 valence electrons. The second-order valence-electron chi connectivity index (χ2n) is 5.25. The Morgan fingerprint density at radius 1 is 1.14 bits per heavy atom. The molecule has 6 heteroatoms. The van der Waals surface area contributed by atoms with Gasteiger partial charge < -0.3 is 4.74 Å². The van der Waals surface area contributed by atoms with Crippen molar-refractivity contribution in [3.05, 3.63) is 12.2 Å². The van der Waals surface area contributed by atoms with E-state index in [1.54, 1.807) is 6.92 Å². The lowest BCUT2D eigenvalue weighted by Gasteiger charge is -2.21. The van der Waals surface area contributed by atoms with Gasteiger partial charge in [-0.25, -0.2) is 0 Å². The van der Waals surface area contributed by atoms with Gasteiger partial charge in [0, 0.05) is 6.08 Å². The lowest BCUT2D eigenvalue weighted by atomic mass is 9.84. The summed E-state index contributed by atoms with van der Waals surface area (Å²) in [6.07, 6.45) is 0.427. The molecule has 0 amide bonds. The summed E-state index contributed by atoms with van der Waals surface area (Å²) >= 11 is 0. The highest BCUT2D eigenvalue weighted by molar-refractivity contribution is 5.98. The number of Topliss-reactive ketones (excluding diaryl/α,β-unsaturated/α-hetero) is 1. The van der Waals surface area contributed by atoms with Crippen LogP contribution < -0.4 is 0 Å². The number of esters is 1. The van der Waals surface area contributed by atoms with E-state index < -0.39 is 29.8 Å². The lowest BCUT2D eigenvalue weighted by Crippen LogP contribution is -2.31. The normalized spacial score (nSPS) is 14.8. The molecule has 2 unspecified atom stereocenters. The zero-order chi connectivity index (χ0) is 17.2. The summed E-state index contributed by atoms with van der Waals surface area (Å²) in [5.74, 6) is -3.16. The van der Waals surface area contributed by atoms with Crippen LogP contribution in [0.3, 0.4) is 0 Å². The Bertz CT molecular complexity index is 375. The molecule has 0 saturated carbocycles. The number of ether oxygens (including phenoxy) is 1. The fourth-order valence-corrected chi connectivity index (χ4v) is 2.29. The molecule has 0 fully saturated rings. The summed E-state index contributed by atoms with van der Waals surface area (Å²) in [5.41, 5.74) is 0. The van der Waals surface area contributed by atoms with Gasteiger partial charge >= 0.3 is 12.1 Å². The number of rotatable bonds is 10. The van der Waals surface area contributed by atoms with E-state index in [1.165, 1.54) is 6.92 Å². The van der Waals surface area contributed by atoms with E-state index in [4.69, 9.17) is 4.74 Å². The molecule has 0 bridgehead atoms. The number of ketones is 1. The second-order valence-corrected chi connectivity index (χ2v) is 5.25. The third-order valence-corrected chi connectivity index (χ3v) is 3.33. The van der Waals surface area contributed by atoms with E-state index in [9.17, 15) is 22.8 Å². The van der Waals surface area contributed by atoms with Gasteiger partial charge in [0.1, 0.15) is 11.7 Å². The van der Waals surface area contributed by atoms with E-state index in [-0.39, 0.29) is 12.7 Å². The molecular formula is C16H25F3O3. The van der Waals surface area contributed by atoms with E-state index in [1.807, 2.05) is 6.92 Å². The first-order valence-electron chi connectivity index (χ1n) is 7.66. The van der Waals surface area contributed by atoms with Crippen LogP contribution in [-0.2, 0) is 14.3 Å². The molecule has 0 saturated heterocycles. The predicted molar refractivity (Wildman–Crippen MR) is 78.2 cm³/mol. The van der Waals surface area contributed by atoms with Crippen LogP contribution in [0.15, 0.2) is 12.2 Å². The fraction of sp³-hybridized carbons (Fsp3) is 0.750. The van der Waals surface area contributed by atoms with Gasteiger partial charge in [0.2, 0.25) is 0 Å². The van der Waals surface area contributed by atoms with E-state index >= 15 is 0 Å². The SMILES string of the molecule is CCCCCCC(/C=C/C(F)(F)F)C(C(C)=O)C(=O)OCC. The molecule has 0 aliphatic rings. The first-order chi connectivity index (χ1) is 10.2. The van der Waals surface area contributed by atoms with Crippen molar-refractivity contribution in [3.63, 3.8) is 0 Å². The number of hydrogen-bond donors (Lipinski definition) is 0. The molecule has 0 spiro atoms. The van der Waals surface area contributed by atoms with Crippen molar-refractivity contribution in [1.29, 1.82) is 0 Å². The Morgan fingerprint density at radius 3 is 2.23 bits per heavy atom. The number of carbonyl (C=O) groups excluding carboxylic acids is 2. The highest BCUT2D eigenvalue weighted by Gasteiger charge is 2.33. The van der Waals surface area contributed by atoms with Crippen LogP contribution in [0.2, 0.25) is 0 Å². The van der Waals surface area contributed by atoms with Gasteiger partial charge in [-0.15, -0.1) is 0 Å². The maximum absolute atomic E-state index is 12.4. The van der Waals surface area contributed by atoms with Crippen molar-refractivity contribution in [2.24, 2.45) is 11.8 Å². The monoisotopic (exact) mass is 322 g/mol. The number of halogens is 3. The van der Waals surface area contributed by atoms with Crippen LogP contribution in [0.5, 0.6) is 0 Å². The largest absolute Gasteiger partial charge is 0.465 e. The van der Waals surface area contributed by atoms with Gasteiger partial charge in [0.25, 0.3) is 0 Å². The number of hydrogen-bond acceptors (Lipinski definition) is 3. The Morgan fingerprint density at radius 2 is 1.77 bits per heavy atom. The molecule has 0 radical (unpaired) electrons. The molecule has 22 heavy (non-hydrogen) atoms. The van der Waals surface area contributed by atoms with Crippen molar-refractivity contribution in [2.75, 3.05) is 6.61 Å². The maximum Gasteiger partial charge on any atom is 0.409 e. The van der Waals surface area contributed by atoms with Gasteiger partial charge in [-0.05, 0) is 26.2 Å². The van der Waals surface area contributed by atoms with Crippen molar-refractivity contribution in [2.45, 2.75) is 59.1 Å². The summed E-state index contributed by atoms with van der Waals surface area (Å²) in [6, 6.07) is 0. The maximum atomic E-state index is 12.4. The fourth-order valence-electron chi connectivity index (χ4n) is 2.29. The molecule has 0 aliphatic heterocycles. The van der Waals surface area contributed by atoms with E-state index in [2.05, 4.69) is 0 Å². The minimum Gasteiger partial charge on any atom is -0.465 e. The standard InChI is InChI=1S/C16H25F3O3/c1-4-6-7-8-9-13(10-11-16(17,18)19)14(12(3)20)15(21)22-5-2/h10-11,13-14H,4-9H2,1-3H3/b11-10+. The summed E-state index contributed by atoms with van der Waals surface area (Å²) in [7, 11) is 0. The zero-order valence-corrected chi connectivity index (χ0v) is 13.4. The third-order valence-electron chi connectivity index (χ3n) is 3.33. The Labute approximate surface area is 129 Å². The predicted octanol–water partition coefficient (Wildman–Crippen LogP) is 4.46. The number of carbonyl (C=O) groups is 2. The zero-order valence-electron chi connectivity index (χ0n) is 13.4. The van der Waals surface area contributed by atoms with Crippen molar-refractivity contribution in [3.8, 4) is 0 Å². The Balaban J connectivity index is 5.08. The quantitative estimate of drug-likeness (QED) is 0.258. The second kappa shape index (κ2) is 10.4. The van der Waals surface area contributed by atoms with Crippen molar-refractivity contribution < 1.29 is 27.5 Å². The summed E-state index contributed by atoms with van der Waals surface area (Å²) in [6.45, 7) is 4.92. The first-order valence-corrected chi connectivity index (χ1v) is 7.66. The molecule has 0 aromatic carbocycles. The van der Waals surface area contributed by atoms with Gasteiger partial charge in [-0.1, -0.05) is 38.7 Å². The van der Waals surface area contributed by atoms with E-state index in [0.29, 0.717) is 12.8 Å². The van der Waals surface area contributed by atoms with Crippen LogP contribution in [0.25, 0.3) is 0 Å². The summed E-state index contributed by atoms with van der Waals surface area (Å²) in [5, 5.41) is 0. The molecule has 0 heterocycles. The Kier molecular flexibility index (Phi) is 9.78. The van der Waals surface area contributed by atoms with Crippen LogP contribution >= 0.6 is 0 Å². The van der Waals surface area contributed by atoms with Gasteiger partial charge in [0.05, 0.1) is 6.61 Å². The Hall–Kier alpha value is -1.33. The number of allylic oxidation sites excluding steroid dienone is 2. The molecule has 0 N–H and O–H groups in total. The minimum atomic E-state index is -4.46. The average molecular weight is 322 g/mol. The summed E-state index contributed by atoms with van der Waals surface area (Å²) < 4.78 is 42.0. The summed E-state index contributed by atoms with van der Waals surface area (Å²) in [4.78, 5) is 23.6. The van der Waals surface area contributed by atoms with Gasteiger partial charge in [-0.2, -0.15) is 13.2 Å². The topological polar surface area (TPSA) is 43.4 Å². The number of unbranched alkanes of at least 4 members (excludes halogenated alkanes) is 3. The van der Waals surface area contributed by atoms with Crippen molar-refractivity contribution in [1.82, 2.24) is 0 Å².